The Balaban J connectivity index is 2.84. The largest absolute Gasteiger partial charge is 0.456 e. The van der Waals surface area contributed by atoms with Gasteiger partial charge in [0, 0.05) is 11.5 Å². The number of aryl methyl sites for hydroxylation is 2. The van der Waals surface area contributed by atoms with Crippen molar-refractivity contribution in [3.05, 3.63) is 34.9 Å². The van der Waals surface area contributed by atoms with Gasteiger partial charge in [-0.25, -0.2) is 4.79 Å². The normalized spacial score (nSPS) is 9.00. The third kappa shape index (κ3) is 3.86. The Morgan fingerprint density at radius 1 is 1.27 bits per heavy atom. The van der Waals surface area contributed by atoms with Crippen molar-refractivity contribution in [1.82, 2.24) is 0 Å². The SMILES string of the molecule is CCOC(=O)C#Cc1cc(C)cc(C)c1. The van der Waals surface area contributed by atoms with Crippen LogP contribution in [0.3, 0.4) is 0 Å². The fourth-order valence-electron chi connectivity index (χ4n) is 1.34. The molecule has 0 unspecified atom stereocenters. The van der Waals surface area contributed by atoms with E-state index in [9.17, 15) is 4.79 Å². The topological polar surface area (TPSA) is 26.3 Å². The summed E-state index contributed by atoms with van der Waals surface area (Å²) in [5, 5.41) is 0. The molecule has 0 bridgehead atoms. The molecule has 0 spiro atoms. The maximum absolute atomic E-state index is 11.0. The molecule has 0 heterocycles. The van der Waals surface area contributed by atoms with Crippen LogP contribution in [-0.2, 0) is 9.53 Å². The molecule has 0 aliphatic heterocycles. The smallest absolute Gasteiger partial charge is 0.384 e. The Morgan fingerprint density at radius 3 is 2.40 bits per heavy atom. The summed E-state index contributed by atoms with van der Waals surface area (Å²) in [5.41, 5.74) is 3.13. The van der Waals surface area contributed by atoms with E-state index < -0.39 is 5.97 Å². The molecule has 78 valence electrons. The lowest BCUT2D eigenvalue weighted by Gasteiger charge is -1.97. The summed E-state index contributed by atoms with van der Waals surface area (Å²) in [7, 11) is 0. The van der Waals surface area contributed by atoms with Crippen LogP contribution in [0.5, 0.6) is 0 Å². The minimum Gasteiger partial charge on any atom is -0.456 e. The summed E-state index contributed by atoms with van der Waals surface area (Å²) in [6, 6.07) is 5.95. The molecule has 0 aromatic heterocycles. The summed E-state index contributed by atoms with van der Waals surface area (Å²) < 4.78 is 4.71. The fourth-order valence-corrected chi connectivity index (χ4v) is 1.34. The number of carbonyl (C=O) groups excluding carboxylic acids is 1. The summed E-state index contributed by atoms with van der Waals surface area (Å²) in [6.07, 6.45) is 0. The van der Waals surface area contributed by atoms with Gasteiger partial charge in [-0.05, 0) is 44.0 Å². The van der Waals surface area contributed by atoms with Gasteiger partial charge in [0.2, 0.25) is 0 Å². The Bertz CT molecular complexity index is 402. The molecule has 0 N–H and O–H groups in total. The monoisotopic (exact) mass is 202 g/mol. The van der Waals surface area contributed by atoms with E-state index in [2.05, 4.69) is 17.9 Å². The molecule has 0 aliphatic rings. The molecule has 1 aromatic carbocycles. The zero-order valence-corrected chi connectivity index (χ0v) is 9.26. The van der Waals surface area contributed by atoms with Gasteiger partial charge in [0.05, 0.1) is 6.61 Å². The Hall–Kier alpha value is -1.75. The van der Waals surface area contributed by atoms with Crippen molar-refractivity contribution in [1.29, 1.82) is 0 Å². The third-order valence-electron chi connectivity index (χ3n) is 1.81. The number of benzene rings is 1. The first-order valence-corrected chi connectivity index (χ1v) is 4.89. The van der Waals surface area contributed by atoms with Crippen LogP contribution in [0.15, 0.2) is 18.2 Å². The highest BCUT2D eigenvalue weighted by molar-refractivity contribution is 5.89. The van der Waals surface area contributed by atoms with Crippen molar-refractivity contribution in [2.75, 3.05) is 6.61 Å². The fraction of sp³-hybridized carbons (Fsp3) is 0.308. The maximum atomic E-state index is 11.0. The second-order valence-corrected chi connectivity index (χ2v) is 3.35. The minimum atomic E-state index is -0.475. The van der Waals surface area contributed by atoms with E-state index in [1.54, 1.807) is 6.92 Å². The van der Waals surface area contributed by atoms with Gasteiger partial charge in [-0.3, -0.25) is 0 Å². The summed E-state index contributed by atoms with van der Waals surface area (Å²) in [5.74, 6) is 4.75. The highest BCUT2D eigenvalue weighted by Crippen LogP contribution is 2.07. The van der Waals surface area contributed by atoms with Crippen molar-refractivity contribution >= 4 is 5.97 Å². The van der Waals surface area contributed by atoms with Crippen LogP contribution in [0, 0.1) is 25.7 Å². The molecule has 0 saturated carbocycles. The summed E-state index contributed by atoms with van der Waals surface area (Å²) in [6.45, 7) is 6.13. The Kier molecular flexibility index (Phi) is 3.93. The number of hydrogen-bond acceptors (Lipinski definition) is 2. The van der Waals surface area contributed by atoms with Crippen LogP contribution in [0.1, 0.15) is 23.6 Å². The van der Waals surface area contributed by atoms with Gasteiger partial charge in [-0.1, -0.05) is 12.0 Å². The van der Waals surface area contributed by atoms with Crippen molar-refractivity contribution in [3.8, 4) is 11.8 Å². The second kappa shape index (κ2) is 5.21. The predicted octanol–water partition coefficient (Wildman–Crippen LogP) is 2.22. The number of rotatable bonds is 1. The van der Waals surface area contributed by atoms with Crippen LogP contribution >= 0.6 is 0 Å². The average Bonchev–Trinajstić information content (AvgIpc) is 2.14. The van der Waals surface area contributed by atoms with Crippen molar-refractivity contribution in [2.24, 2.45) is 0 Å². The van der Waals surface area contributed by atoms with Crippen molar-refractivity contribution in [3.63, 3.8) is 0 Å². The van der Waals surface area contributed by atoms with E-state index in [1.807, 2.05) is 26.0 Å². The molecule has 0 saturated heterocycles. The van der Waals surface area contributed by atoms with E-state index in [4.69, 9.17) is 4.74 Å². The lowest BCUT2D eigenvalue weighted by atomic mass is 10.1. The second-order valence-electron chi connectivity index (χ2n) is 3.35. The van der Waals surface area contributed by atoms with Gasteiger partial charge in [0.15, 0.2) is 0 Å². The van der Waals surface area contributed by atoms with Gasteiger partial charge in [0.1, 0.15) is 0 Å². The third-order valence-corrected chi connectivity index (χ3v) is 1.81. The molecule has 0 fully saturated rings. The van der Waals surface area contributed by atoms with E-state index in [0.29, 0.717) is 6.61 Å². The first-order chi connectivity index (χ1) is 7.11. The average molecular weight is 202 g/mol. The van der Waals surface area contributed by atoms with Crippen LogP contribution < -0.4 is 0 Å². The quantitative estimate of drug-likeness (QED) is 0.515. The maximum Gasteiger partial charge on any atom is 0.384 e. The highest BCUT2D eigenvalue weighted by atomic mass is 16.5. The zero-order valence-electron chi connectivity index (χ0n) is 9.26. The number of carbonyl (C=O) groups is 1. The molecular formula is C13H14O2. The van der Waals surface area contributed by atoms with E-state index in [-0.39, 0.29) is 0 Å². The molecule has 0 atom stereocenters. The molecule has 2 heteroatoms. The molecule has 0 radical (unpaired) electrons. The van der Waals surface area contributed by atoms with Gasteiger partial charge in [-0.15, -0.1) is 0 Å². The Morgan fingerprint density at radius 2 is 1.87 bits per heavy atom. The van der Waals surface area contributed by atoms with Gasteiger partial charge < -0.3 is 4.74 Å². The van der Waals surface area contributed by atoms with Crippen LogP contribution in [0.2, 0.25) is 0 Å². The number of ether oxygens (including phenoxy) is 1. The van der Waals surface area contributed by atoms with Crippen LogP contribution in [-0.4, -0.2) is 12.6 Å². The molecule has 1 aromatic rings. The molecule has 2 nitrogen and oxygen atoms in total. The molecule has 1 rings (SSSR count). The molecule has 0 amide bonds. The van der Waals surface area contributed by atoms with E-state index >= 15 is 0 Å². The first kappa shape index (κ1) is 11.3. The zero-order chi connectivity index (χ0) is 11.3. The lowest BCUT2D eigenvalue weighted by Crippen LogP contribution is -1.99. The van der Waals surface area contributed by atoms with E-state index in [0.717, 1.165) is 16.7 Å². The van der Waals surface area contributed by atoms with Crippen LogP contribution in [0.25, 0.3) is 0 Å². The summed E-state index contributed by atoms with van der Waals surface area (Å²) in [4.78, 5) is 11.0. The summed E-state index contributed by atoms with van der Waals surface area (Å²) >= 11 is 0. The molecule has 0 aliphatic carbocycles. The Labute approximate surface area is 90.3 Å². The number of esters is 1. The van der Waals surface area contributed by atoms with Gasteiger partial charge in [-0.2, -0.15) is 0 Å². The first-order valence-electron chi connectivity index (χ1n) is 4.89. The van der Waals surface area contributed by atoms with Crippen molar-refractivity contribution < 1.29 is 9.53 Å². The van der Waals surface area contributed by atoms with Crippen LogP contribution in [0.4, 0.5) is 0 Å². The molecular weight excluding hydrogens is 188 g/mol. The molecule has 15 heavy (non-hydrogen) atoms. The predicted molar refractivity (Wildman–Crippen MR) is 59.4 cm³/mol. The van der Waals surface area contributed by atoms with Gasteiger partial charge in [0.25, 0.3) is 0 Å². The van der Waals surface area contributed by atoms with E-state index in [1.165, 1.54) is 0 Å². The highest BCUT2D eigenvalue weighted by Gasteiger charge is 1.94. The minimum absolute atomic E-state index is 0.361. The number of hydrogen-bond donors (Lipinski definition) is 0. The van der Waals surface area contributed by atoms with Gasteiger partial charge >= 0.3 is 5.97 Å². The van der Waals surface area contributed by atoms with Crippen molar-refractivity contribution in [2.45, 2.75) is 20.8 Å². The standard InChI is InChI=1S/C13H14O2/c1-4-15-13(14)6-5-12-8-10(2)7-11(3)9-12/h7-9H,4H2,1-3H3. The lowest BCUT2D eigenvalue weighted by molar-refractivity contribution is -0.136.